The van der Waals surface area contributed by atoms with Gasteiger partial charge in [0.2, 0.25) is 15.8 Å². The lowest BCUT2D eigenvalue weighted by Gasteiger charge is -2.17. The normalized spacial score (nSPS) is 11.8. The maximum Gasteiger partial charge on any atom is 0.252 e. The lowest BCUT2D eigenvalue weighted by molar-refractivity contribution is 0.0945. The molecule has 0 aromatic heterocycles. The van der Waals surface area contributed by atoms with Crippen molar-refractivity contribution in [3.63, 3.8) is 0 Å². The number of carbonyl (C=O) groups is 1. The topological polar surface area (TPSA) is 136 Å². The molecule has 0 aliphatic heterocycles. The molecular weight excluding hydrogens is 438 g/mol. The van der Waals surface area contributed by atoms with Crippen molar-refractivity contribution in [3.05, 3.63) is 47.5 Å². The van der Waals surface area contributed by atoms with Crippen LogP contribution >= 0.6 is 0 Å². The highest BCUT2D eigenvalue weighted by Crippen LogP contribution is 2.39. The number of rotatable bonds is 11. The van der Waals surface area contributed by atoms with Crippen LogP contribution in [0, 0.1) is 11.3 Å². The molecule has 10 nitrogen and oxygen atoms in total. The Balaban J connectivity index is 2.22. The van der Waals surface area contributed by atoms with Crippen molar-refractivity contribution in [1.82, 2.24) is 10.0 Å². The van der Waals surface area contributed by atoms with E-state index in [1.807, 2.05) is 6.07 Å². The number of hydrogen-bond acceptors (Lipinski definition) is 8. The van der Waals surface area contributed by atoms with Gasteiger partial charge in [0, 0.05) is 19.2 Å². The summed E-state index contributed by atoms with van der Waals surface area (Å²) in [5.41, 5.74) is 0.616. The van der Waals surface area contributed by atoms with E-state index >= 15 is 0 Å². The fourth-order valence-electron chi connectivity index (χ4n) is 2.82. The minimum absolute atomic E-state index is 0.00612. The van der Waals surface area contributed by atoms with E-state index in [4.69, 9.17) is 18.9 Å². The van der Waals surface area contributed by atoms with Crippen LogP contribution in [-0.4, -0.2) is 55.9 Å². The van der Waals surface area contributed by atoms with Crippen molar-refractivity contribution in [1.29, 1.82) is 5.26 Å². The van der Waals surface area contributed by atoms with Gasteiger partial charge in [0.05, 0.1) is 38.9 Å². The third-order valence-electron chi connectivity index (χ3n) is 4.45. The molecule has 0 saturated heterocycles. The number of methoxy groups -OCH3 is 4. The fourth-order valence-corrected chi connectivity index (χ4v) is 3.83. The molecular formula is C21H25N3O7S. The second kappa shape index (κ2) is 11.3. The summed E-state index contributed by atoms with van der Waals surface area (Å²) in [6.07, 6.45) is 0. The van der Waals surface area contributed by atoms with Crippen molar-refractivity contribution >= 4 is 15.9 Å². The number of carbonyl (C=O) groups excluding carboxylic acids is 1. The first-order valence-corrected chi connectivity index (χ1v) is 10.9. The largest absolute Gasteiger partial charge is 0.493 e. The summed E-state index contributed by atoms with van der Waals surface area (Å²) in [6, 6.07) is 9.49. The van der Waals surface area contributed by atoms with E-state index in [0.29, 0.717) is 22.8 Å². The third-order valence-corrected chi connectivity index (χ3v) is 5.93. The zero-order chi connectivity index (χ0) is 23.7. The molecule has 1 atom stereocenters. The molecule has 0 aliphatic carbocycles. The lowest BCUT2D eigenvalue weighted by atomic mass is 10.1. The Kier molecular flexibility index (Phi) is 8.83. The zero-order valence-electron chi connectivity index (χ0n) is 18.2. The average molecular weight is 464 g/mol. The molecule has 0 fully saturated rings. The summed E-state index contributed by atoms with van der Waals surface area (Å²) in [5.74, 6) is 0.484. The first kappa shape index (κ1) is 24.9. The quantitative estimate of drug-likeness (QED) is 0.480. The monoisotopic (exact) mass is 463 g/mol. The average Bonchev–Trinajstić information content (AvgIpc) is 2.81. The van der Waals surface area contributed by atoms with Crippen LogP contribution in [0.2, 0.25) is 0 Å². The lowest BCUT2D eigenvalue weighted by Crippen LogP contribution is -2.28. The van der Waals surface area contributed by atoms with Gasteiger partial charge in [-0.05, 0) is 42.0 Å². The number of nitriles is 1. The van der Waals surface area contributed by atoms with Crippen molar-refractivity contribution in [2.45, 2.75) is 10.9 Å². The Morgan fingerprint density at radius 3 is 2.09 bits per heavy atom. The van der Waals surface area contributed by atoms with Gasteiger partial charge in [-0.15, -0.1) is 0 Å². The van der Waals surface area contributed by atoms with E-state index < -0.39 is 22.0 Å². The van der Waals surface area contributed by atoms with Gasteiger partial charge in [0.1, 0.15) is 6.04 Å². The number of sulfonamides is 1. The van der Waals surface area contributed by atoms with Gasteiger partial charge >= 0.3 is 0 Å². The van der Waals surface area contributed by atoms with Gasteiger partial charge < -0.3 is 24.3 Å². The van der Waals surface area contributed by atoms with Gasteiger partial charge in [-0.2, -0.15) is 5.26 Å². The predicted octanol–water partition coefficient (Wildman–Crippen LogP) is 1.63. The highest BCUT2D eigenvalue weighted by atomic mass is 32.2. The van der Waals surface area contributed by atoms with E-state index in [2.05, 4.69) is 10.0 Å². The molecule has 2 rings (SSSR count). The minimum atomic E-state index is -3.72. The van der Waals surface area contributed by atoms with Crippen LogP contribution in [0.25, 0.3) is 0 Å². The molecule has 0 radical (unpaired) electrons. The molecule has 11 heteroatoms. The predicted molar refractivity (Wildman–Crippen MR) is 115 cm³/mol. The van der Waals surface area contributed by atoms with E-state index in [9.17, 15) is 18.5 Å². The van der Waals surface area contributed by atoms with Crippen molar-refractivity contribution in [2.24, 2.45) is 0 Å². The van der Waals surface area contributed by atoms with Gasteiger partial charge in [0.15, 0.2) is 11.5 Å². The van der Waals surface area contributed by atoms with Crippen LogP contribution < -0.4 is 24.2 Å². The Hall–Kier alpha value is -3.33. The number of amides is 1. The summed E-state index contributed by atoms with van der Waals surface area (Å²) >= 11 is 0. The van der Waals surface area contributed by atoms with Crippen LogP contribution in [0.15, 0.2) is 41.3 Å². The molecule has 0 bridgehead atoms. The summed E-state index contributed by atoms with van der Waals surface area (Å²) in [6.45, 7) is 0.357. The summed E-state index contributed by atoms with van der Waals surface area (Å²) in [7, 11) is 2.09. The Labute approximate surface area is 187 Å². The van der Waals surface area contributed by atoms with E-state index in [1.165, 1.54) is 52.7 Å². The smallest absolute Gasteiger partial charge is 0.252 e. The molecule has 0 aliphatic rings. The van der Waals surface area contributed by atoms with Crippen LogP contribution in [0.1, 0.15) is 22.0 Å². The Morgan fingerprint density at radius 2 is 1.62 bits per heavy atom. The van der Waals surface area contributed by atoms with Gasteiger partial charge in [-0.1, -0.05) is 0 Å². The highest BCUT2D eigenvalue weighted by molar-refractivity contribution is 7.89. The summed E-state index contributed by atoms with van der Waals surface area (Å²) in [4.78, 5) is 12.7. The number of hydrogen-bond donors (Lipinski definition) is 2. The second-order valence-corrected chi connectivity index (χ2v) is 8.18. The fraction of sp³-hybridized carbons (Fsp3) is 0.333. The molecule has 2 aromatic carbocycles. The van der Waals surface area contributed by atoms with Crippen LogP contribution in [-0.2, 0) is 14.8 Å². The third kappa shape index (κ3) is 5.88. The highest BCUT2D eigenvalue weighted by Gasteiger charge is 2.21. The standard InChI is InChI=1S/C21H25N3O7S/c1-28-10-9-23-32(26,27)16-7-5-14(6-8-16)21(25)24-17(13-22)15-11-18(29-2)20(31-4)19(12-15)30-3/h5-8,11-12,17,23H,9-10H2,1-4H3,(H,24,25). The van der Waals surface area contributed by atoms with Crippen LogP contribution in [0.4, 0.5) is 0 Å². The molecule has 1 unspecified atom stereocenters. The maximum absolute atomic E-state index is 12.7. The van der Waals surface area contributed by atoms with E-state index in [-0.39, 0.29) is 23.6 Å². The first-order chi connectivity index (χ1) is 15.3. The molecule has 0 spiro atoms. The number of nitrogens with one attached hydrogen (secondary N) is 2. The van der Waals surface area contributed by atoms with Crippen molar-refractivity contribution in [2.75, 3.05) is 41.6 Å². The number of benzene rings is 2. The van der Waals surface area contributed by atoms with Gasteiger partial charge in [-0.3, -0.25) is 4.79 Å². The van der Waals surface area contributed by atoms with Crippen LogP contribution in [0.5, 0.6) is 17.2 Å². The molecule has 1 amide bonds. The SMILES string of the molecule is COCCNS(=O)(=O)c1ccc(C(=O)NC(C#N)c2cc(OC)c(OC)c(OC)c2)cc1. The van der Waals surface area contributed by atoms with Gasteiger partial charge in [-0.25, -0.2) is 13.1 Å². The molecule has 0 heterocycles. The minimum Gasteiger partial charge on any atom is -0.493 e. The number of ether oxygens (including phenoxy) is 4. The van der Waals surface area contributed by atoms with Gasteiger partial charge in [0.25, 0.3) is 5.91 Å². The summed E-state index contributed by atoms with van der Waals surface area (Å²) in [5, 5.41) is 12.2. The Bertz CT molecular complexity index is 1050. The molecule has 2 N–H and O–H groups in total. The number of nitrogens with zero attached hydrogens (tertiary/aromatic N) is 1. The van der Waals surface area contributed by atoms with Crippen LogP contribution in [0.3, 0.4) is 0 Å². The van der Waals surface area contributed by atoms with Crippen molar-refractivity contribution < 1.29 is 32.2 Å². The Morgan fingerprint density at radius 1 is 1.03 bits per heavy atom. The zero-order valence-corrected chi connectivity index (χ0v) is 19.0. The maximum atomic E-state index is 12.7. The van der Waals surface area contributed by atoms with E-state index in [1.54, 1.807) is 12.1 Å². The molecule has 32 heavy (non-hydrogen) atoms. The molecule has 2 aromatic rings. The molecule has 172 valence electrons. The second-order valence-electron chi connectivity index (χ2n) is 6.41. The van der Waals surface area contributed by atoms with E-state index in [0.717, 1.165) is 0 Å². The molecule has 0 saturated carbocycles. The summed E-state index contributed by atoms with van der Waals surface area (Å²) < 4.78 is 47.5. The van der Waals surface area contributed by atoms with Crippen molar-refractivity contribution in [3.8, 4) is 23.3 Å². The first-order valence-electron chi connectivity index (χ1n) is 9.40.